The fourth-order valence-electron chi connectivity index (χ4n) is 1.64. The van der Waals surface area contributed by atoms with Gasteiger partial charge >= 0.3 is 0 Å². The molecule has 0 unspecified atom stereocenters. The molecule has 0 bridgehead atoms. The van der Waals surface area contributed by atoms with Crippen LogP contribution in [0.5, 0.6) is 0 Å². The Bertz CT molecular complexity index is 551. The van der Waals surface area contributed by atoms with E-state index >= 15 is 0 Å². The molecule has 0 fully saturated rings. The van der Waals surface area contributed by atoms with Crippen LogP contribution in [0.15, 0.2) is 18.5 Å². The molecule has 18 heavy (non-hydrogen) atoms. The van der Waals surface area contributed by atoms with Crippen LogP contribution in [0.4, 0.5) is 5.82 Å². The molecule has 2 aromatic rings. The number of nitrogens with zero attached hydrogens (tertiary/aromatic N) is 4. The number of anilines is 1. The van der Waals surface area contributed by atoms with Crippen LogP contribution in [0.2, 0.25) is 0 Å². The van der Waals surface area contributed by atoms with Gasteiger partial charge in [-0.3, -0.25) is 4.57 Å². The topological polar surface area (TPSA) is 55.6 Å². The van der Waals surface area contributed by atoms with E-state index < -0.39 is 0 Å². The average molecular weight is 245 g/mol. The Hall–Kier alpha value is -1.91. The standard InChI is InChI=1S/C13H19N5/c1-9-15-6-7-18(9)11-8-10(14-5)16-12(17-11)13(2,3)4/h6-8H,1-5H3,(H,14,16,17). The van der Waals surface area contributed by atoms with Gasteiger partial charge in [0, 0.05) is 30.9 Å². The molecule has 0 aliphatic rings. The maximum absolute atomic E-state index is 4.63. The van der Waals surface area contributed by atoms with Crippen molar-refractivity contribution in [2.75, 3.05) is 12.4 Å². The van der Waals surface area contributed by atoms with E-state index in [-0.39, 0.29) is 5.41 Å². The van der Waals surface area contributed by atoms with Gasteiger partial charge in [-0.25, -0.2) is 15.0 Å². The molecule has 96 valence electrons. The van der Waals surface area contributed by atoms with Crippen molar-refractivity contribution in [3.8, 4) is 5.82 Å². The Kier molecular flexibility index (Phi) is 3.07. The predicted molar refractivity (Wildman–Crippen MR) is 72.1 cm³/mol. The first-order chi connectivity index (χ1) is 8.41. The Morgan fingerprint density at radius 3 is 2.44 bits per heavy atom. The normalized spacial score (nSPS) is 11.6. The fraction of sp³-hybridized carbons (Fsp3) is 0.462. The van der Waals surface area contributed by atoms with E-state index in [2.05, 4.69) is 41.0 Å². The summed E-state index contributed by atoms with van der Waals surface area (Å²) in [5, 5.41) is 3.08. The van der Waals surface area contributed by atoms with Gasteiger partial charge in [0.25, 0.3) is 0 Å². The largest absolute Gasteiger partial charge is 0.373 e. The molecular formula is C13H19N5. The van der Waals surface area contributed by atoms with Gasteiger partial charge < -0.3 is 5.32 Å². The van der Waals surface area contributed by atoms with Gasteiger partial charge in [0.15, 0.2) is 0 Å². The third kappa shape index (κ3) is 2.34. The van der Waals surface area contributed by atoms with Crippen molar-refractivity contribution < 1.29 is 0 Å². The summed E-state index contributed by atoms with van der Waals surface area (Å²) >= 11 is 0. The predicted octanol–water partition coefficient (Wildman–Crippen LogP) is 2.31. The van der Waals surface area contributed by atoms with Crippen LogP contribution in [0.25, 0.3) is 5.82 Å². The summed E-state index contributed by atoms with van der Waals surface area (Å²) in [5.41, 5.74) is -0.0872. The summed E-state index contributed by atoms with van der Waals surface area (Å²) in [4.78, 5) is 13.4. The highest BCUT2D eigenvalue weighted by molar-refractivity contribution is 5.42. The van der Waals surface area contributed by atoms with Gasteiger partial charge in [-0.05, 0) is 6.92 Å². The number of nitrogens with one attached hydrogen (secondary N) is 1. The molecule has 0 saturated heterocycles. The monoisotopic (exact) mass is 245 g/mol. The van der Waals surface area contributed by atoms with E-state index in [0.717, 1.165) is 23.3 Å². The molecule has 0 spiro atoms. The van der Waals surface area contributed by atoms with Gasteiger partial charge in [0.05, 0.1) is 0 Å². The van der Waals surface area contributed by atoms with E-state index in [4.69, 9.17) is 0 Å². The molecule has 5 nitrogen and oxygen atoms in total. The first-order valence-electron chi connectivity index (χ1n) is 5.99. The molecule has 0 atom stereocenters. The lowest BCUT2D eigenvalue weighted by Gasteiger charge is -2.18. The molecule has 0 radical (unpaired) electrons. The number of aryl methyl sites for hydroxylation is 1. The zero-order valence-corrected chi connectivity index (χ0v) is 11.5. The number of imidazole rings is 1. The third-order valence-electron chi connectivity index (χ3n) is 2.71. The molecule has 0 aromatic carbocycles. The van der Waals surface area contributed by atoms with E-state index in [9.17, 15) is 0 Å². The number of aromatic nitrogens is 4. The lowest BCUT2D eigenvalue weighted by atomic mass is 9.96. The van der Waals surface area contributed by atoms with Gasteiger partial charge in [0.2, 0.25) is 0 Å². The minimum absolute atomic E-state index is 0.0872. The summed E-state index contributed by atoms with van der Waals surface area (Å²) in [6.45, 7) is 8.27. The Morgan fingerprint density at radius 1 is 1.22 bits per heavy atom. The molecule has 5 heteroatoms. The van der Waals surface area contributed by atoms with Crippen molar-refractivity contribution in [3.63, 3.8) is 0 Å². The van der Waals surface area contributed by atoms with Crippen LogP contribution < -0.4 is 5.32 Å². The summed E-state index contributed by atoms with van der Waals surface area (Å²) in [5.74, 6) is 3.39. The van der Waals surface area contributed by atoms with Crippen LogP contribution in [-0.4, -0.2) is 26.6 Å². The van der Waals surface area contributed by atoms with E-state index in [0.29, 0.717) is 0 Å². The maximum atomic E-state index is 4.63. The molecule has 1 N–H and O–H groups in total. The average Bonchev–Trinajstić information content (AvgIpc) is 2.73. The minimum Gasteiger partial charge on any atom is -0.373 e. The molecule has 0 aliphatic carbocycles. The Balaban J connectivity index is 2.58. The first kappa shape index (κ1) is 12.5. The van der Waals surface area contributed by atoms with Gasteiger partial charge in [-0.1, -0.05) is 20.8 Å². The molecule has 2 aromatic heterocycles. The van der Waals surface area contributed by atoms with Crippen LogP contribution >= 0.6 is 0 Å². The molecular weight excluding hydrogens is 226 g/mol. The van der Waals surface area contributed by atoms with Crippen LogP contribution in [0, 0.1) is 6.92 Å². The number of hydrogen-bond donors (Lipinski definition) is 1. The van der Waals surface area contributed by atoms with E-state index in [1.807, 2.05) is 30.8 Å². The molecule has 2 heterocycles. The van der Waals surface area contributed by atoms with E-state index in [1.165, 1.54) is 0 Å². The molecule has 0 aliphatic heterocycles. The second kappa shape index (κ2) is 4.40. The number of hydrogen-bond acceptors (Lipinski definition) is 4. The second-order valence-corrected chi connectivity index (χ2v) is 5.28. The Labute approximate surface area is 107 Å². The number of rotatable bonds is 2. The van der Waals surface area contributed by atoms with Crippen LogP contribution in [0.3, 0.4) is 0 Å². The molecule has 2 rings (SSSR count). The zero-order chi connectivity index (χ0) is 13.3. The highest BCUT2D eigenvalue weighted by atomic mass is 15.1. The van der Waals surface area contributed by atoms with Crippen molar-refractivity contribution in [2.45, 2.75) is 33.1 Å². The second-order valence-electron chi connectivity index (χ2n) is 5.28. The van der Waals surface area contributed by atoms with Crippen LogP contribution in [-0.2, 0) is 5.41 Å². The van der Waals surface area contributed by atoms with Crippen molar-refractivity contribution in [1.29, 1.82) is 0 Å². The smallest absolute Gasteiger partial charge is 0.143 e. The summed E-state index contributed by atoms with van der Waals surface area (Å²) in [6, 6.07) is 1.92. The summed E-state index contributed by atoms with van der Waals surface area (Å²) in [6.07, 6.45) is 3.68. The highest BCUT2D eigenvalue weighted by Gasteiger charge is 2.19. The first-order valence-corrected chi connectivity index (χ1v) is 5.99. The Morgan fingerprint density at radius 2 is 1.94 bits per heavy atom. The van der Waals surface area contributed by atoms with E-state index in [1.54, 1.807) is 6.20 Å². The lowest BCUT2D eigenvalue weighted by molar-refractivity contribution is 0.544. The van der Waals surface area contributed by atoms with Gasteiger partial charge in [-0.2, -0.15) is 0 Å². The van der Waals surface area contributed by atoms with Crippen molar-refractivity contribution >= 4 is 5.82 Å². The van der Waals surface area contributed by atoms with Crippen molar-refractivity contribution in [3.05, 3.63) is 30.1 Å². The quantitative estimate of drug-likeness (QED) is 0.882. The highest BCUT2D eigenvalue weighted by Crippen LogP contribution is 2.22. The third-order valence-corrected chi connectivity index (χ3v) is 2.71. The summed E-state index contributed by atoms with van der Waals surface area (Å²) in [7, 11) is 1.86. The van der Waals surface area contributed by atoms with Gasteiger partial charge in [0.1, 0.15) is 23.3 Å². The lowest BCUT2D eigenvalue weighted by Crippen LogP contribution is -2.18. The van der Waals surface area contributed by atoms with Crippen molar-refractivity contribution in [2.24, 2.45) is 0 Å². The summed E-state index contributed by atoms with van der Waals surface area (Å²) < 4.78 is 1.96. The van der Waals surface area contributed by atoms with Crippen LogP contribution in [0.1, 0.15) is 32.4 Å². The SMILES string of the molecule is CNc1cc(-n2ccnc2C)nc(C(C)(C)C)n1. The van der Waals surface area contributed by atoms with Gasteiger partial charge in [-0.15, -0.1) is 0 Å². The van der Waals surface area contributed by atoms with Crippen molar-refractivity contribution in [1.82, 2.24) is 19.5 Å². The maximum Gasteiger partial charge on any atom is 0.143 e. The minimum atomic E-state index is -0.0872. The molecule has 0 saturated carbocycles. The zero-order valence-electron chi connectivity index (χ0n) is 11.5. The molecule has 0 amide bonds. The fourth-order valence-corrected chi connectivity index (χ4v) is 1.64.